The van der Waals surface area contributed by atoms with E-state index in [1.807, 2.05) is 19.4 Å². The molecule has 3 aromatic rings. The summed E-state index contributed by atoms with van der Waals surface area (Å²) in [5.41, 5.74) is 1.30. The van der Waals surface area contributed by atoms with E-state index in [1.165, 1.54) is 5.56 Å². The molecule has 0 amide bonds. The zero-order valence-corrected chi connectivity index (χ0v) is 20.4. The van der Waals surface area contributed by atoms with Crippen molar-refractivity contribution < 1.29 is 4.74 Å². The average Bonchev–Trinajstić information content (AvgIpc) is 3.33. The number of hydrogen-bond acceptors (Lipinski definition) is 6. The van der Waals surface area contributed by atoms with E-state index in [9.17, 15) is 0 Å². The maximum atomic E-state index is 5.57. The van der Waals surface area contributed by atoms with Crippen LogP contribution in [-0.2, 0) is 11.3 Å². The summed E-state index contributed by atoms with van der Waals surface area (Å²) in [5, 5.41) is 9.57. The van der Waals surface area contributed by atoms with Gasteiger partial charge in [-0.2, -0.15) is 0 Å². The number of anilines is 1. The normalized spacial score (nSPS) is 19.4. The van der Waals surface area contributed by atoms with Crippen LogP contribution in [0.5, 0.6) is 0 Å². The first-order valence-corrected chi connectivity index (χ1v) is 12.6. The Kier molecular flexibility index (Phi) is 7.21. The first-order valence-electron chi connectivity index (χ1n) is 12.6. The maximum Gasteiger partial charge on any atom is 0.147 e. The molecule has 7 nitrogen and oxygen atoms in total. The molecule has 0 radical (unpaired) electrons. The van der Waals surface area contributed by atoms with Crippen LogP contribution in [0.2, 0.25) is 0 Å². The lowest BCUT2D eigenvalue weighted by molar-refractivity contribution is 0.0377. The Morgan fingerprint density at radius 1 is 0.912 bits per heavy atom. The van der Waals surface area contributed by atoms with Gasteiger partial charge < -0.3 is 14.2 Å². The second kappa shape index (κ2) is 10.7. The van der Waals surface area contributed by atoms with Crippen LogP contribution in [0.4, 0.5) is 5.82 Å². The molecule has 1 atom stereocenters. The second-order valence-electron chi connectivity index (χ2n) is 9.59. The van der Waals surface area contributed by atoms with Crippen LogP contribution >= 0.6 is 0 Å². The maximum absolute atomic E-state index is 5.57. The summed E-state index contributed by atoms with van der Waals surface area (Å²) < 4.78 is 7.99. The van der Waals surface area contributed by atoms with E-state index in [1.54, 1.807) is 0 Å². The van der Waals surface area contributed by atoms with E-state index in [2.05, 4.69) is 68.7 Å². The predicted molar refractivity (Wildman–Crippen MR) is 134 cm³/mol. The number of rotatable bonds is 7. The Morgan fingerprint density at radius 2 is 1.65 bits per heavy atom. The number of piperidine rings is 2. The van der Waals surface area contributed by atoms with E-state index in [0.29, 0.717) is 12.0 Å². The lowest BCUT2D eigenvalue weighted by Crippen LogP contribution is -2.37. The SMILES string of the molecule is COC1CCN(Cc2nnc(C3CCN(c4ccccn4)CC3)n2[C@@H](C)c2ccccc2)CC1. The Bertz CT molecular complexity index is 1020. The van der Waals surface area contributed by atoms with Gasteiger partial charge in [-0.25, -0.2) is 4.98 Å². The lowest BCUT2D eigenvalue weighted by Gasteiger charge is -2.34. The number of hydrogen-bond donors (Lipinski definition) is 0. The molecule has 180 valence electrons. The minimum Gasteiger partial charge on any atom is -0.381 e. The Morgan fingerprint density at radius 3 is 2.32 bits per heavy atom. The Hall–Kier alpha value is -2.77. The van der Waals surface area contributed by atoms with Crippen molar-refractivity contribution in [3.63, 3.8) is 0 Å². The molecule has 0 bridgehead atoms. The molecular formula is C27H36N6O. The van der Waals surface area contributed by atoms with Gasteiger partial charge in [-0.3, -0.25) is 4.90 Å². The number of ether oxygens (including phenoxy) is 1. The minimum absolute atomic E-state index is 0.200. The van der Waals surface area contributed by atoms with Crippen molar-refractivity contribution in [2.24, 2.45) is 0 Å². The Balaban J connectivity index is 1.36. The molecule has 0 spiro atoms. The van der Waals surface area contributed by atoms with Gasteiger partial charge in [0.05, 0.1) is 18.7 Å². The highest BCUT2D eigenvalue weighted by Crippen LogP contribution is 2.33. The van der Waals surface area contributed by atoms with E-state index >= 15 is 0 Å². The summed E-state index contributed by atoms with van der Waals surface area (Å²) in [6.07, 6.45) is 6.55. The molecular weight excluding hydrogens is 424 g/mol. The van der Waals surface area contributed by atoms with Crippen molar-refractivity contribution in [3.8, 4) is 0 Å². The largest absolute Gasteiger partial charge is 0.381 e. The van der Waals surface area contributed by atoms with Crippen molar-refractivity contribution >= 4 is 5.82 Å². The molecule has 2 fully saturated rings. The summed E-state index contributed by atoms with van der Waals surface area (Å²) in [4.78, 5) is 9.43. The molecule has 2 saturated heterocycles. The van der Waals surface area contributed by atoms with Gasteiger partial charge >= 0.3 is 0 Å². The minimum atomic E-state index is 0.200. The van der Waals surface area contributed by atoms with E-state index in [-0.39, 0.29) is 6.04 Å². The fourth-order valence-electron chi connectivity index (χ4n) is 5.44. The van der Waals surface area contributed by atoms with Gasteiger partial charge in [0.2, 0.25) is 0 Å². The molecule has 2 aromatic heterocycles. The van der Waals surface area contributed by atoms with Crippen LogP contribution in [-0.4, -0.2) is 64.0 Å². The molecule has 34 heavy (non-hydrogen) atoms. The topological polar surface area (TPSA) is 59.3 Å². The second-order valence-corrected chi connectivity index (χ2v) is 9.59. The van der Waals surface area contributed by atoms with E-state index in [0.717, 1.165) is 75.9 Å². The molecule has 5 rings (SSSR count). The molecule has 0 N–H and O–H groups in total. The molecule has 7 heteroatoms. The van der Waals surface area contributed by atoms with Gasteiger partial charge in [-0.05, 0) is 50.3 Å². The fourth-order valence-corrected chi connectivity index (χ4v) is 5.44. The van der Waals surface area contributed by atoms with Gasteiger partial charge in [-0.1, -0.05) is 36.4 Å². The zero-order valence-electron chi connectivity index (χ0n) is 20.4. The highest BCUT2D eigenvalue weighted by Gasteiger charge is 2.30. The number of aromatic nitrogens is 4. The molecule has 1 aromatic carbocycles. The molecule has 0 aliphatic carbocycles. The number of nitrogens with zero attached hydrogens (tertiary/aromatic N) is 6. The van der Waals surface area contributed by atoms with Gasteiger partial charge in [0.25, 0.3) is 0 Å². The third-order valence-corrected chi connectivity index (χ3v) is 7.53. The molecule has 0 saturated carbocycles. The number of likely N-dealkylation sites (tertiary alicyclic amines) is 1. The van der Waals surface area contributed by atoms with Crippen LogP contribution < -0.4 is 4.90 Å². The molecule has 0 unspecified atom stereocenters. The summed E-state index contributed by atoms with van der Waals surface area (Å²) in [5.74, 6) is 3.69. The van der Waals surface area contributed by atoms with Gasteiger partial charge in [0, 0.05) is 45.4 Å². The van der Waals surface area contributed by atoms with Crippen molar-refractivity contribution in [2.75, 3.05) is 38.2 Å². The fraction of sp³-hybridized carbons (Fsp3) is 0.519. The molecule has 2 aliphatic heterocycles. The average molecular weight is 461 g/mol. The summed E-state index contributed by atoms with van der Waals surface area (Å²) >= 11 is 0. The summed E-state index contributed by atoms with van der Waals surface area (Å²) in [6, 6.07) is 17.1. The van der Waals surface area contributed by atoms with Crippen molar-refractivity contribution in [1.29, 1.82) is 0 Å². The quantitative estimate of drug-likeness (QED) is 0.525. The smallest absolute Gasteiger partial charge is 0.147 e. The van der Waals surface area contributed by atoms with Crippen LogP contribution in [0, 0.1) is 0 Å². The number of pyridine rings is 1. The van der Waals surface area contributed by atoms with E-state index < -0.39 is 0 Å². The first kappa shape index (κ1) is 23.0. The van der Waals surface area contributed by atoms with Gasteiger partial charge in [0.15, 0.2) is 0 Å². The van der Waals surface area contributed by atoms with Crippen LogP contribution in [0.3, 0.4) is 0 Å². The van der Waals surface area contributed by atoms with Crippen molar-refractivity contribution in [3.05, 3.63) is 71.9 Å². The highest BCUT2D eigenvalue weighted by atomic mass is 16.5. The van der Waals surface area contributed by atoms with Crippen LogP contribution in [0.15, 0.2) is 54.7 Å². The number of benzene rings is 1. The lowest BCUT2D eigenvalue weighted by atomic mass is 9.95. The molecule has 2 aliphatic rings. The van der Waals surface area contributed by atoms with Gasteiger partial charge in [0.1, 0.15) is 17.5 Å². The standard InChI is InChI=1S/C27H36N6O/c1-21(22-8-4-3-5-9-22)33-26(20-31-16-13-24(34-2)14-17-31)29-30-27(33)23-11-18-32(19-12-23)25-10-6-7-15-28-25/h3-10,15,21,23-24H,11-14,16-20H2,1-2H3/t21-/m0/s1. The highest BCUT2D eigenvalue weighted by molar-refractivity contribution is 5.38. The predicted octanol–water partition coefficient (Wildman–Crippen LogP) is 4.28. The monoisotopic (exact) mass is 460 g/mol. The summed E-state index contributed by atoms with van der Waals surface area (Å²) in [6.45, 7) is 7.20. The van der Waals surface area contributed by atoms with E-state index in [4.69, 9.17) is 14.9 Å². The third-order valence-electron chi connectivity index (χ3n) is 7.53. The van der Waals surface area contributed by atoms with Crippen molar-refractivity contribution in [1.82, 2.24) is 24.6 Å². The van der Waals surface area contributed by atoms with Crippen molar-refractivity contribution in [2.45, 2.75) is 57.2 Å². The van der Waals surface area contributed by atoms with Crippen LogP contribution in [0.25, 0.3) is 0 Å². The van der Waals surface area contributed by atoms with Gasteiger partial charge in [-0.15, -0.1) is 10.2 Å². The summed E-state index contributed by atoms with van der Waals surface area (Å²) in [7, 11) is 1.82. The van der Waals surface area contributed by atoms with Crippen LogP contribution in [0.1, 0.15) is 61.8 Å². The molecule has 4 heterocycles. The zero-order chi connectivity index (χ0) is 23.3. The Labute approximate surface area is 202 Å². The third kappa shape index (κ3) is 5.00. The first-order chi connectivity index (χ1) is 16.7. The number of methoxy groups -OCH3 is 1.